The Hall–Kier alpha value is -2.47. The Morgan fingerprint density at radius 1 is 1.19 bits per heavy atom. The SMILES string of the molecule is Cc1nc(-n2cccc2)sc1C(=O)N1CCCC[C@@H](c2ccc(F)cc2)C1. The molecule has 1 aromatic carbocycles. The van der Waals surface area contributed by atoms with Crippen molar-refractivity contribution >= 4 is 17.2 Å². The zero-order valence-corrected chi connectivity index (χ0v) is 16.1. The third kappa shape index (κ3) is 3.81. The average Bonchev–Trinajstić information content (AvgIpc) is 3.26. The first-order valence-electron chi connectivity index (χ1n) is 9.27. The fourth-order valence-corrected chi connectivity index (χ4v) is 4.63. The van der Waals surface area contributed by atoms with Crippen LogP contribution in [-0.4, -0.2) is 33.4 Å². The molecule has 1 saturated heterocycles. The zero-order chi connectivity index (χ0) is 18.8. The minimum atomic E-state index is -0.224. The van der Waals surface area contributed by atoms with E-state index in [4.69, 9.17) is 0 Å². The maximum atomic E-state index is 13.3. The van der Waals surface area contributed by atoms with Gasteiger partial charge in [-0.1, -0.05) is 29.9 Å². The first-order valence-corrected chi connectivity index (χ1v) is 10.1. The van der Waals surface area contributed by atoms with Crippen molar-refractivity contribution in [1.29, 1.82) is 0 Å². The molecule has 1 aliphatic rings. The van der Waals surface area contributed by atoms with E-state index in [9.17, 15) is 9.18 Å². The molecule has 4 nitrogen and oxygen atoms in total. The standard InChI is InChI=1S/C21H22FN3OS/c1-15-19(27-21(23-15)24-11-4-5-12-24)20(26)25-13-3-2-6-17(14-25)16-7-9-18(22)10-8-16/h4-5,7-12,17H,2-3,6,13-14H2,1H3/t17-/m1/s1. The van der Waals surface area contributed by atoms with E-state index >= 15 is 0 Å². The van der Waals surface area contributed by atoms with Crippen molar-refractivity contribution in [3.63, 3.8) is 0 Å². The molecule has 27 heavy (non-hydrogen) atoms. The molecule has 0 aliphatic carbocycles. The highest BCUT2D eigenvalue weighted by atomic mass is 32.1. The summed E-state index contributed by atoms with van der Waals surface area (Å²) in [6.45, 7) is 3.32. The molecule has 0 N–H and O–H groups in total. The Kier molecular flexibility index (Phi) is 5.07. The van der Waals surface area contributed by atoms with Crippen LogP contribution in [-0.2, 0) is 0 Å². The fraction of sp³-hybridized carbons (Fsp3) is 0.333. The van der Waals surface area contributed by atoms with Gasteiger partial charge in [-0.05, 0) is 49.6 Å². The van der Waals surface area contributed by atoms with E-state index in [-0.39, 0.29) is 17.6 Å². The summed E-state index contributed by atoms with van der Waals surface area (Å²) in [6.07, 6.45) is 6.95. The van der Waals surface area contributed by atoms with Crippen LogP contribution in [0.4, 0.5) is 4.39 Å². The van der Waals surface area contributed by atoms with Crippen LogP contribution in [0.25, 0.3) is 5.13 Å². The summed E-state index contributed by atoms with van der Waals surface area (Å²) < 4.78 is 15.2. The Bertz CT molecular complexity index is 918. The van der Waals surface area contributed by atoms with Crippen molar-refractivity contribution in [2.24, 2.45) is 0 Å². The molecule has 0 unspecified atom stereocenters. The number of halogens is 1. The van der Waals surface area contributed by atoms with Crippen molar-refractivity contribution in [2.45, 2.75) is 32.1 Å². The largest absolute Gasteiger partial charge is 0.337 e. The zero-order valence-electron chi connectivity index (χ0n) is 15.3. The van der Waals surface area contributed by atoms with E-state index in [0.29, 0.717) is 11.4 Å². The number of rotatable bonds is 3. The van der Waals surface area contributed by atoms with Crippen LogP contribution in [0.15, 0.2) is 48.8 Å². The van der Waals surface area contributed by atoms with E-state index < -0.39 is 0 Å². The minimum absolute atomic E-state index is 0.0532. The number of hydrogen-bond donors (Lipinski definition) is 0. The van der Waals surface area contributed by atoms with Gasteiger partial charge >= 0.3 is 0 Å². The third-order valence-electron chi connectivity index (χ3n) is 5.10. The molecule has 4 rings (SSSR count). The summed E-state index contributed by atoms with van der Waals surface area (Å²) in [7, 11) is 0. The molecule has 1 fully saturated rings. The number of carbonyl (C=O) groups excluding carboxylic acids is 1. The molecule has 0 bridgehead atoms. The van der Waals surface area contributed by atoms with Gasteiger partial charge in [0.05, 0.1) is 5.69 Å². The van der Waals surface area contributed by atoms with Gasteiger partial charge in [0.1, 0.15) is 10.7 Å². The normalized spacial score (nSPS) is 17.7. The van der Waals surface area contributed by atoms with Crippen molar-refractivity contribution in [2.75, 3.05) is 13.1 Å². The number of nitrogens with zero attached hydrogens (tertiary/aromatic N) is 3. The van der Waals surface area contributed by atoms with Gasteiger partial charge in [-0.3, -0.25) is 4.79 Å². The number of aryl methyl sites for hydroxylation is 1. The molecule has 140 valence electrons. The van der Waals surface area contributed by atoms with Crippen molar-refractivity contribution in [3.05, 3.63) is 70.7 Å². The third-order valence-corrected chi connectivity index (χ3v) is 6.26. The highest BCUT2D eigenvalue weighted by molar-refractivity contribution is 7.16. The maximum absolute atomic E-state index is 13.3. The van der Waals surface area contributed by atoms with Gasteiger partial charge in [0.15, 0.2) is 5.13 Å². The van der Waals surface area contributed by atoms with Gasteiger partial charge in [-0.25, -0.2) is 9.37 Å². The predicted octanol–water partition coefficient (Wildman–Crippen LogP) is 4.79. The van der Waals surface area contributed by atoms with Gasteiger partial charge in [-0.15, -0.1) is 0 Å². The highest BCUT2D eigenvalue weighted by Gasteiger charge is 2.27. The van der Waals surface area contributed by atoms with Gasteiger partial charge < -0.3 is 9.47 Å². The lowest BCUT2D eigenvalue weighted by Crippen LogP contribution is -2.34. The summed E-state index contributed by atoms with van der Waals surface area (Å²) in [5, 5.41) is 0.811. The minimum Gasteiger partial charge on any atom is -0.337 e. The molecule has 2 aromatic heterocycles. The lowest BCUT2D eigenvalue weighted by Gasteiger charge is -2.24. The Balaban J connectivity index is 1.56. The topological polar surface area (TPSA) is 38.1 Å². The number of thiazole rings is 1. The van der Waals surface area contributed by atoms with Gasteiger partial charge in [0.25, 0.3) is 5.91 Å². The molecular weight excluding hydrogens is 361 g/mol. The van der Waals surface area contributed by atoms with E-state index in [1.54, 1.807) is 0 Å². The Morgan fingerprint density at radius 3 is 2.67 bits per heavy atom. The van der Waals surface area contributed by atoms with E-state index in [1.165, 1.54) is 23.5 Å². The number of aromatic nitrogens is 2. The van der Waals surface area contributed by atoms with Crippen LogP contribution in [0.1, 0.15) is 46.1 Å². The smallest absolute Gasteiger partial charge is 0.265 e. The van der Waals surface area contributed by atoms with Crippen LogP contribution in [0, 0.1) is 12.7 Å². The van der Waals surface area contributed by atoms with Crippen molar-refractivity contribution < 1.29 is 9.18 Å². The Morgan fingerprint density at radius 2 is 1.93 bits per heavy atom. The molecule has 3 heterocycles. The summed E-state index contributed by atoms with van der Waals surface area (Å²) >= 11 is 1.44. The molecule has 0 saturated carbocycles. The average molecular weight is 383 g/mol. The molecule has 0 spiro atoms. The summed E-state index contributed by atoms with van der Waals surface area (Å²) in [5.41, 5.74) is 1.88. The monoisotopic (exact) mass is 383 g/mol. The highest BCUT2D eigenvalue weighted by Crippen LogP contribution is 2.29. The van der Waals surface area contributed by atoms with Gasteiger partial charge in [0.2, 0.25) is 0 Å². The molecule has 3 aromatic rings. The molecular formula is C21H22FN3OS. The molecule has 6 heteroatoms. The number of hydrogen-bond acceptors (Lipinski definition) is 3. The van der Waals surface area contributed by atoms with Crippen LogP contribution in [0.2, 0.25) is 0 Å². The lowest BCUT2D eigenvalue weighted by molar-refractivity contribution is 0.0758. The second kappa shape index (κ2) is 7.64. The first-order chi connectivity index (χ1) is 13.1. The van der Waals surface area contributed by atoms with E-state index in [1.807, 2.05) is 53.0 Å². The van der Waals surface area contributed by atoms with Gasteiger partial charge in [-0.2, -0.15) is 0 Å². The maximum Gasteiger partial charge on any atom is 0.265 e. The van der Waals surface area contributed by atoms with Crippen molar-refractivity contribution in [3.8, 4) is 5.13 Å². The lowest BCUT2D eigenvalue weighted by atomic mass is 9.94. The molecule has 1 aliphatic heterocycles. The van der Waals surface area contributed by atoms with Crippen LogP contribution in [0.3, 0.4) is 0 Å². The summed E-state index contributed by atoms with van der Waals surface area (Å²) in [4.78, 5) is 20.4. The van der Waals surface area contributed by atoms with E-state index in [0.717, 1.165) is 42.2 Å². The second-order valence-corrected chi connectivity index (χ2v) is 7.97. The van der Waals surface area contributed by atoms with Crippen molar-refractivity contribution in [1.82, 2.24) is 14.5 Å². The fourth-order valence-electron chi connectivity index (χ4n) is 3.63. The first kappa shape index (κ1) is 17.9. The summed E-state index contributed by atoms with van der Waals surface area (Å²) in [6, 6.07) is 10.6. The number of carbonyl (C=O) groups is 1. The van der Waals surface area contributed by atoms with Crippen LogP contribution in [0.5, 0.6) is 0 Å². The van der Waals surface area contributed by atoms with Crippen LogP contribution < -0.4 is 0 Å². The molecule has 0 radical (unpaired) electrons. The predicted molar refractivity (Wildman–Crippen MR) is 105 cm³/mol. The van der Waals surface area contributed by atoms with Crippen LogP contribution >= 0.6 is 11.3 Å². The molecule has 1 amide bonds. The number of benzene rings is 1. The van der Waals surface area contributed by atoms with Gasteiger partial charge in [0, 0.05) is 31.4 Å². The Labute approximate surface area is 162 Å². The molecule has 1 atom stereocenters. The second-order valence-electron chi connectivity index (χ2n) is 7.00. The quantitative estimate of drug-likeness (QED) is 0.652. The van der Waals surface area contributed by atoms with E-state index in [2.05, 4.69) is 4.98 Å². The number of likely N-dealkylation sites (tertiary alicyclic amines) is 1. The number of amides is 1. The summed E-state index contributed by atoms with van der Waals surface area (Å²) in [5.74, 6) is 0.0738.